The molecule has 1 aliphatic rings. The highest BCUT2D eigenvalue weighted by Crippen LogP contribution is 2.33. The van der Waals surface area contributed by atoms with Crippen molar-refractivity contribution in [3.05, 3.63) is 27.5 Å². The molecule has 1 atom stereocenters. The van der Waals surface area contributed by atoms with Gasteiger partial charge in [0.25, 0.3) is 0 Å². The fourth-order valence-electron chi connectivity index (χ4n) is 1.94. The summed E-state index contributed by atoms with van der Waals surface area (Å²) in [6.45, 7) is 3.99. The maximum atomic E-state index is 13.5. The number of fused-ring (bicyclic) bond motifs is 1. The zero-order valence-electron chi connectivity index (χ0n) is 8.32. The van der Waals surface area contributed by atoms with Gasteiger partial charge in [-0.15, -0.1) is 0 Å². The standard InChI is InChI=1S/C11H13BrFN/c1-6-3-4-8-7(2)11(13)9(12)5-10(8)14-6/h5-6,14H,3-4H2,1-2H3. The molecule has 1 aromatic rings. The van der Waals surface area contributed by atoms with E-state index in [1.54, 1.807) is 0 Å². The Balaban J connectivity index is 2.54. The lowest BCUT2D eigenvalue weighted by atomic mass is 9.95. The average Bonchev–Trinajstić information content (AvgIpc) is 2.14. The minimum Gasteiger partial charge on any atom is -0.382 e. The van der Waals surface area contributed by atoms with Crippen LogP contribution in [0, 0.1) is 12.7 Å². The van der Waals surface area contributed by atoms with Crippen LogP contribution in [0.4, 0.5) is 10.1 Å². The normalized spacial score (nSPS) is 20.1. The maximum Gasteiger partial charge on any atom is 0.140 e. The van der Waals surface area contributed by atoms with Crippen molar-refractivity contribution >= 4 is 21.6 Å². The Bertz CT molecular complexity index is 376. The molecule has 0 aliphatic carbocycles. The number of benzene rings is 1. The van der Waals surface area contributed by atoms with Gasteiger partial charge in [0.05, 0.1) is 4.47 Å². The van der Waals surface area contributed by atoms with Gasteiger partial charge in [-0.1, -0.05) is 0 Å². The first kappa shape index (κ1) is 9.97. The van der Waals surface area contributed by atoms with Crippen LogP contribution in [0.15, 0.2) is 10.5 Å². The predicted molar refractivity (Wildman–Crippen MR) is 60.2 cm³/mol. The molecule has 2 rings (SSSR count). The molecule has 0 saturated carbocycles. The van der Waals surface area contributed by atoms with Crippen LogP contribution >= 0.6 is 15.9 Å². The molecule has 0 aromatic heterocycles. The number of halogens is 2. The highest BCUT2D eigenvalue weighted by molar-refractivity contribution is 9.10. The smallest absolute Gasteiger partial charge is 0.140 e. The molecule has 0 radical (unpaired) electrons. The monoisotopic (exact) mass is 257 g/mol. The molecule has 0 spiro atoms. The van der Waals surface area contributed by atoms with Gasteiger partial charge in [-0.2, -0.15) is 0 Å². The van der Waals surface area contributed by atoms with E-state index in [4.69, 9.17) is 0 Å². The summed E-state index contributed by atoms with van der Waals surface area (Å²) in [4.78, 5) is 0. The second-order valence-corrected chi connectivity index (χ2v) is 4.76. The maximum absolute atomic E-state index is 13.5. The van der Waals surface area contributed by atoms with E-state index in [-0.39, 0.29) is 5.82 Å². The molecule has 14 heavy (non-hydrogen) atoms. The lowest BCUT2D eigenvalue weighted by Gasteiger charge is -2.26. The van der Waals surface area contributed by atoms with Gasteiger partial charge in [-0.05, 0) is 59.8 Å². The SMILES string of the molecule is Cc1c(F)c(Br)cc2c1CCC(C)N2. The summed E-state index contributed by atoms with van der Waals surface area (Å²) in [7, 11) is 0. The van der Waals surface area contributed by atoms with Gasteiger partial charge in [0.15, 0.2) is 0 Å². The summed E-state index contributed by atoms with van der Waals surface area (Å²) >= 11 is 3.23. The summed E-state index contributed by atoms with van der Waals surface area (Å²) in [5.41, 5.74) is 2.98. The Hall–Kier alpha value is -0.570. The molecule has 0 amide bonds. The van der Waals surface area contributed by atoms with Crippen molar-refractivity contribution in [3.8, 4) is 0 Å². The number of hydrogen-bond acceptors (Lipinski definition) is 1. The first-order chi connectivity index (χ1) is 6.59. The fourth-order valence-corrected chi connectivity index (χ4v) is 2.47. The van der Waals surface area contributed by atoms with Gasteiger partial charge < -0.3 is 5.32 Å². The van der Waals surface area contributed by atoms with Gasteiger partial charge in [0.1, 0.15) is 5.82 Å². The molecule has 3 heteroatoms. The Labute approximate surface area is 91.8 Å². The fraction of sp³-hybridized carbons (Fsp3) is 0.455. The number of anilines is 1. The van der Waals surface area contributed by atoms with Gasteiger partial charge in [-0.3, -0.25) is 0 Å². The quantitative estimate of drug-likeness (QED) is 0.749. The summed E-state index contributed by atoms with van der Waals surface area (Å²) in [6.07, 6.45) is 2.05. The Kier molecular flexibility index (Phi) is 2.52. The van der Waals surface area contributed by atoms with E-state index < -0.39 is 0 Å². The Morgan fingerprint density at radius 2 is 2.29 bits per heavy atom. The minimum atomic E-state index is -0.125. The van der Waals surface area contributed by atoms with Crippen LogP contribution in [-0.4, -0.2) is 6.04 Å². The molecule has 1 aliphatic heterocycles. The van der Waals surface area contributed by atoms with Gasteiger partial charge in [0.2, 0.25) is 0 Å². The number of nitrogens with one attached hydrogen (secondary N) is 1. The average molecular weight is 258 g/mol. The molecular formula is C11H13BrFN. The van der Waals surface area contributed by atoms with Crippen LogP contribution in [-0.2, 0) is 6.42 Å². The third-order valence-corrected chi connectivity index (χ3v) is 3.39. The van der Waals surface area contributed by atoms with Crippen molar-refractivity contribution in [3.63, 3.8) is 0 Å². The first-order valence-electron chi connectivity index (χ1n) is 4.83. The Morgan fingerprint density at radius 3 is 3.00 bits per heavy atom. The van der Waals surface area contributed by atoms with E-state index in [1.165, 1.54) is 0 Å². The third-order valence-electron chi connectivity index (χ3n) is 2.82. The molecule has 1 N–H and O–H groups in total. The van der Waals surface area contributed by atoms with Crippen LogP contribution in [0.3, 0.4) is 0 Å². The van der Waals surface area contributed by atoms with E-state index in [1.807, 2.05) is 13.0 Å². The van der Waals surface area contributed by atoms with E-state index >= 15 is 0 Å². The molecule has 1 unspecified atom stereocenters. The second kappa shape index (κ2) is 3.54. The molecule has 1 heterocycles. The van der Waals surface area contributed by atoms with Crippen molar-refractivity contribution in [2.75, 3.05) is 5.32 Å². The molecule has 0 fully saturated rings. The lowest BCUT2D eigenvalue weighted by Crippen LogP contribution is -2.23. The van der Waals surface area contributed by atoms with Crippen molar-refractivity contribution < 1.29 is 4.39 Å². The summed E-state index contributed by atoms with van der Waals surface area (Å²) in [5, 5.41) is 3.37. The highest BCUT2D eigenvalue weighted by atomic mass is 79.9. The number of rotatable bonds is 0. The van der Waals surface area contributed by atoms with Crippen molar-refractivity contribution in [1.29, 1.82) is 0 Å². The third kappa shape index (κ3) is 1.54. The molecule has 76 valence electrons. The summed E-state index contributed by atoms with van der Waals surface area (Å²) in [6, 6.07) is 2.33. The lowest BCUT2D eigenvalue weighted by molar-refractivity contribution is 0.600. The molecular weight excluding hydrogens is 245 g/mol. The van der Waals surface area contributed by atoms with Crippen LogP contribution in [0.25, 0.3) is 0 Å². The summed E-state index contributed by atoms with van der Waals surface area (Å²) < 4.78 is 14.1. The van der Waals surface area contributed by atoms with E-state index in [2.05, 4.69) is 28.2 Å². The minimum absolute atomic E-state index is 0.125. The molecule has 0 bridgehead atoms. The van der Waals surface area contributed by atoms with E-state index in [0.29, 0.717) is 10.5 Å². The van der Waals surface area contributed by atoms with E-state index in [9.17, 15) is 4.39 Å². The van der Waals surface area contributed by atoms with Gasteiger partial charge in [-0.25, -0.2) is 4.39 Å². The van der Waals surface area contributed by atoms with Crippen LogP contribution in [0.1, 0.15) is 24.5 Å². The summed E-state index contributed by atoms with van der Waals surface area (Å²) in [5.74, 6) is -0.125. The number of hydrogen-bond donors (Lipinski definition) is 1. The molecule has 0 saturated heterocycles. The van der Waals surface area contributed by atoms with Crippen molar-refractivity contribution in [2.45, 2.75) is 32.7 Å². The van der Waals surface area contributed by atoms with Crippen LogP contribution in [0.5, 0.6) is 0 Å². The van der Waals surface area contributed by atoms with E-state index in [0.717, 1.165) is 29.7 Å². The molecule has 1 nitrogen and oxygen atoms in total. The first-order valence-corrected chi connectivity index (χ1v) is 5.63. The van der Waals surface area contributed by atoms with Gasteiger partial charge >= 0.3 is 0 Å². The van der Waals surface area contributed by atoms with Crippen molar-refractivity contribution in [2.24, 2.45) is 0 Å². The largest absolute Gasteiger partial charge is 0.382 e. The predicted octanol–water partition coefficient (Wildman–Crippen LogP) is 3.64. The Morgan fingerprint density at radius 1 is 1.57 bits per heavy atom. The molecule has 1 aromatic carbocycles. The topological polar surface area (TPSA) is 12.0 Å². The van der Waals surface area contributed by atoms with Gasteiger partial charge in [0, 0.05) is 11.7 Å². The second-order valence-electron chi connectivity index (χ2n) is 3.91. The van der Waals surface area contributed by atoms with Crippen LogP contribution in [0.2, 0.25) is 0 Å². The van der Waals surface area contributed by atoms with Crippen LogP contribution < -0.4 is 5.32 Å². The highest BCUT2D eigenvalue weighted by Gasteiger charge is 2.19. The zero-order chi connectivity index (χ0) is 10.3. The van der Waals surface area contributed by atoms with Crippen molar-refractivity contribution in [1.82, 2.24) is 0 Å². The zero-order valence-corrected chi connectivity index (χ0v) is 9.91.